The quantitative estimate of drug-likeness (QED) is 0.257. The lowest BCUT2D eigenvalue weighted by Gasteiger charge is -2.24. The summed E-state index contributed by atoms with van der Waals surface area (Å²) in [6, 6.07) is 14.4. The molecule has 3 rings (SSSR count). The van der Waals surface area contributed by atoms with Crippen LogP contribution in [0.15, 0.2) is 53.4 Å². The first-order valence-electron chi connectivity index (χ1n) is 9.77. The molecule has 0 N–H and O–H groups in total. The first-order valence-corrected chi connectivity index (χ1v) is 11.6. The van der Waals surface area contributed by atoms with Crippen molar-refractivity contribution in [2.45, 2.75) is 18.7 Å². The molecule has 1 amide bonds. The molecule has 0 saturated heterocycles. The SMILES string of the molecule is CCN(CC)CCN(C(=O)CSc1ccccc1)c1nc2ccc([N+](=O)[O-])cc2s1. The molecule has 0 bridgehead atoms. The number of thioether (sulfide) groups is 1. The maximum absolute atomic E-state index is 13.1. The zero-order chi connectivity index (χ0) is 21.5. The number of non-ortho nitro benzene ring substituents is 1. The predicted molar refractivity (Wildman–Crippen MR) is 124 cm³/mol. The number of nitro groups is 1. The number of amides is 1. The highest BCUT2D eigenvalue weighted by molar-refractivity contribution is 8.00. The summed E-state index contributed by atoms with van der Waals surface area (Å²) >= 11 is 2.81. The Labute approximate surface area is 183 Å². The first-order chi connectivity index (χ1) is 14.5. The van der Waals surface area contributed by atoms with Crippen molar-refractivity contribution >= 4 is 50.0 Å². The van der Waals surface area contributed by atoms with Crippen LogP contribution in [0.3, 0.4) is 0 Å². The predicted octanol–water partition coefficient (Wildman–Crippen LogP) is 4.67. The molecule has 2 aromatic carbocycles. The Kier molecular flexibility index (Phi) is 7.78. The van der Waals surface area contributed by atoms with Gasteiger partial charge in [-0.05, 0) is 31.3 Å². The van der Waals surface area contributed by atoms with E-state index in [0.717, 1.165) is 24.5 Å². The minimum atomic E-state index is -0.418. The maximum Gasteiger partial charge on any atom is 0.270 e. The van der Waals surface area contributed by atoms with E-state index in [-0.39, 0.29) is 11.6 Å². The summed E-state index contributed by atoms with van der Waals surface area (Å²) in [7, 11) is 0. The third-order valence-corrected chi connectivity index (χ3v) is 6.78. The smallest absolute Gasteiger partial charge is 0.270 e. The van der Waals surface area contributed by atoms with Crippen molar-refractivity contribution < 1.29 is 9.72 Å². The Bertz CT molecular complexity index is 1010. The molecular weight excluding hydrogens is 420 g/mol. The van der Waals surface area contributed by atoms with E-state index in [4.69, 9.17) is 0 Å². The van der Waals surface area contributed by atoms with Gasteiger partial charge in [0.1, 0.15) is 0 Å². The van der Waals surface area contributed by atoms with Crippen molar-refractivity contribution in [2.75, 3.05) is 36.8 Å². The number of aromatic nitrogens is 1. The molecule has 7 nitrogen and oxygen atoms in total. The second-order valence-corrected chi connectivity index (χ2v) is 8.64. The van der Waals surface area contributed by atoms with Crippen molar-refractivity contribution in [1.29, 1.82) is 0 Å². The van der Waals surface area contributed by atoms with E-state index >= 15 is 0 Å². The number of rotatable bonds is 10. The van der Waals surface area contributed by atoms with Gasteiger partial charge in [-0.1, -0.05) is 43.4 Å². The number of anilines is 1. The largest absolute Gasteiger partial charge is 0.302 e. The van der Waals surface area contributed by atoms with Gasteiger partial charge in [0.15, 0.2) is 5.13 Å². The number of fused-ring (bicyclic) bond motifs is 1. The number of likely N-dealkylation sites (N-methyl/N-ethyl adjacent to an activating group) is 1. The van der Waals surface area contributed by atoms with Gasteiger partial charge in [-0.25, -0.2) is 4.98 Å². The number of benzene rings is 2. The molecule has 30 heavy (non-hydrogen) atoms. The Balaban J connectivity index is 1.83. The Morgan fingerprint density at radius 3 is 2.53 bits per heavy atom. The average Bonchev–Trinajstić information content (AvgIpc) is 3.18. The van der Waals surface area contributed by atoms with Gasteiger partial charge < -0.3 is 4.90 Å². The van der Waals surface area contributed by atoms with E-state index in [1.807, 2.05) is 30.3 Å². The molecule has 0 aliphatic carbocycles. The summed E-state index contributed by atoms with van der Waals surface area (Å²) in [6.45, 7) is 7.27. The standard InChI is InChI=1S/C21H24N4O3S2/c1-3-23(4-2)12-13-24(20(26)15-29-17-8-6-5-7-9-17)21-22-18-11-10-16(25(27)28)14-19(18)30-21/h5-11,14H,3-4,12-13,15H2,1-2H3. The van der Waals surface area contributed by atoms with Crippen molar-refractivity contribution in [3.63, 3.8) is 0 Å². The van der Waals surface area contributed by atoms with E-state index in [1.54, 1.807) is 11.0 Å². The number of carbonyl (C=O) groups excluding carboxylic acids is 1. The molecule has 9 heteroatoms. The Morgan fingerprint density at radius 2 is 1.87 bits per heavy atom. The molecule has 0 spiro atoms. The Morgan fingerprint density at radius 1 is 1.13 bits per heavy atom. The van der Waals surface area contributed by atoms with E-state index in [2.05, 4.69) is 23.7 Å². The lowest BCUT2D eigenvalue weighted by atomic mass is 10.3. The average molecular weight is 445 g/mol. The van der Waals surface area contributed by atoms with Crippen LogP contribution in [0.1, 0.15) is 13.8 Å². The molecule has 0 fully saturated rings. The van der Waals surface area contributed by atoms with Crippen LogP contribution >= 0.6 is 23.1 Å². The van der Waals surface area contributed by atoms with Crippen LogP contribution < -0.4 is 4.90 Å². The zero-order valence-electron chi connectivity index (χ0n) is 17.0. The Hall–Kier alpha value is -2.49. The van der Waals surface area contributed by atoms with Gasteiger partial charge in [-0.3, -0.25) is 19.8 Å². The van der Waals surface area contributed by atoms with Crippen LogP contribution in [0.25, 0.3) is 10.2 Å². The van der Waals surface area contributed by atoms with Gasteiger partial charge in [0, 0.05) is 30.1 Å². The third-order valence-electron chi connectivity index (χ3n) is 4.74. The number of thiazole rings is 1. The molecule has 158 valence electrons. The number of carbonyl (C=O) groups is 1. The molecule has 0 aliphatic heterocycles. The molecule has 0 aliphatic rings. The highest BCUT2D eigenvalue weighted by atomic mass is 32.2. The number of hydrogen-bond donors (Lipinski definition) is 0. The number of nitrogens with zero attached hydrogens (tertiary/aromatic N) is 4. The van der Waals surface area contributed by atoms with Gasteiger partial charge in [0.25, 0.3) is 5.69 Å². The van der Waals surface area contributed by atoms with Crippen LogP contribution in [-0.2, 0) is 4.79 Å². The fraction of sp³-hybridized carbons (Fsp3) is 0.333. The lowest BCUT2D eigenvalue weighted by molar-refractivity contribution is -0.384. The van der Waals surface area contributed by atoms with Gasteiger partial charge in [-0.15, -0.1) is 11.8 Å². The number of hydrogen-bond acceptors (Lipinski definition) is 7. The van der Waals surface area contributed by atoms with Crippen LogP contribution in [-0.4, -0.2) is 52.6 Å². The van der Waals surface area contributed by atoms with Crippen LogP contribution in [0, 0.1) is 10.1 Å². The molecule has 0 saturated carbocycles. The monoisotopic (exact) mass is 444 g/mol. The normalized spacial score (nSPS) is 11.2. The van der Waals surface area contributed by atoms with E-state index in [1.165, 1.54) is 35.2 Å². The van der Waals surface area contributed by atoms with Gasteiger partial charge in [-0.2, -0.15) is 0 Å². The highest BCUT2D eigenvalue weighted by Crippen LogP contribution is 2.32. The van der Waals surface area contributed by atoms with Crippen molar-refractivity contribution in [1.82, 2.24) is 9.88 Å². The summed E-state index contributed by atoms with van der Waals surface area (Å²) in [6.07, 6.45) is 0. The maximum atomic E-state index is 13.1. The fourth-order valence-corrected chi connectivity index (χ4v) is 4.82. The second-order valence-electron chi connectivity index (χ2n) is 6.58. The van der Waals surface area contributed by atoms with Crippen LogP contribution in [0.5, 0.6) is 0 Å². The van der Waals surface area contributed by atoms with Gasteiger partial charge >= 0.3 is 0 Å². The highest BCUT2D eigenvalue weighted by Gasteiger charge is 2.21. The van der Waals surface area contributed by atoms with Gasteiger partial charge in [0.05, 0.1) is 20.9 Å². The summed E-state index contributed by atoms with van der Waals surface area (Å²) in [5.41, 5.74) is 0.690. The second kappa shape index (κ2) is 10.5. The van der Waals surface area contributed by atoms with Crippen molar-refractivity contribution in [3.05, 3.63) is 58.6 Å². The summed E-state index contributed by atoms with van der Waals surface area (Å²) < 4.78 is 0.704. The third kappa shape index (κ3) is 5.56. The van der Waals surface area contributed by atoms with E-state index < -0.39 is 4.92 Å². The van der Waals surface area contributed by atoms with Crippen LogP contribution in [0.2, 0.25) is 0 Å². The molecule has 1 aromatic heterocycles. The zero-order valence-corrected chi connectivity index (χ0v) is 18.6. The summed E-state index contributed by atoms with van der Waals surface area (Å²) in [5.74, 6) is 0.280. The topological polar surface area (TPSA) is 79.6 Å². The molecule has 1 heterocycles. The molecule has 0 unspecified atom stereocenters. The van der Waals surface area contributed by atoms with Crippen molar-refractivity contribution in [3.8, 4) is 0 Å². The summed E-state index contributed by atoms with van der Waals surface area (Å²) in [5, 5.41) is 11.7. The van der Waals surface area contributed by atoms with E-state index in [0.29, 0.717) is 27.6 Å². The molecule has 3 aromatic rings. The minimum Gasteiger partial charge on any atom is -0.302 e. The first kappa shape index (κ1) is 22.2. The number of nitro benzene ring substituents is 1. The van der Waals surface area contributed by atoms with Gasteiger partial charge in [0.2, 0.25) is 5.91 Å². The molecule has 0 radical (unpaired) electrons. The van der Waals surface area contributed by atoms with Crippen LogP contribution in [0.4, 0.5) is 10.8 Å². The summed E-state index contributed by atoms with van der Waals surface area (Å²) in [4.78, 5) is 33.4. The molecular formula is C21H24N4O3S2. The minimum absolute atomic E-state index is 0.0236. The fourth-order valence-electron chi connectivity index (χ4n) is 2.98. The van der Waals surface area contributed by atoms with Crippen molar-refractivity contribution in [2.24, 2.45) is 0 Å². The molecule has 0 atom stereocenters. The van der Waals surface area contributed by atoms with E-state index in [9.17, 15) is 14.9 Å². The lowest BCUT2D eigenvalue weighted by Crippen LogP contribution is -2.39.